The third-order valence-corrected chi connectivity index (χ3v) is 2.03. The second-order valence-corrected chi connectivity index (χ2v) is 3.50. The van der Waals surface area contributed by atoms with Crippen LogP contribution in [0.5, 0.6) is 0 Å². The van der Waals surface area contributed by atoms with E-state index in [4.69, 9.17) is 5.73 Å². The predicted octanol–water partition coefficient (Wildman–Crippen LogP) is -0.644. The number of anilines is 2. The Morgan fingerprint density at radius 3 is 2.83 bits per heavy atom. The molecule has 0 bridgehead atoms. The van der Waals surface area contributed by atoms with Crippen molar-refractivity contribution < 1.29 is 9.59 Å². The highest BCUT2D eigenvalue weighted by Crippen LogP contribution is 2.02. The highest BCUT2D eigenvalue weighted by atomic mass is 16.2. The van der Waals surface area contributed by atoms with E-state index in [2.05, 4.69) is 20.6 Å². The number of rotatable bonds is 3. The van der Waals surface area contributed by atoms with Gasteiger partial charge >= 0.3 is 0 Å². The summed E-state index contributed by atoms with van der Waals surface area (Å²) in [7, 11) is 0. The summed E-state index contributed by atoms with van der Waals surface area (Å²) in [5.74, 6) is -0.106. The molecule has 2 heterocycles. The van der Waals surface area contributed by atoms with E-state index in [1.54, 1.807) is 0 Å². The first-order valence-electron chi connectivity index (χ1n) is 5.06. The molecular weight excluding hydrogens is 238 g/mol. The van der Waals surface area contributed by atoms with Crippen LogP contribution >= 0.6 is 0 Å². The molecule has 0 atom stereocenters. The second kappa shape index (κ2) is 4.65. The number of nitrogens with two attached hydrogens (primary N) is 1. The molecular formula is C9H11N7O2. The summed E-state index contributed by atoms with van der Waals surface area (Å²) in [4.78, 5) is 23.7. The lowest BCUT2D eigenvalue weighted by atomic mass is 10.6. The Morgan fingerprint density at radius 2 is 2.22 bits per heavy atom. The van der Waals surface area contributed by atoms with Crippen LogP contribution in [0.4, 0.5) is 11.6 Å². The van der Waals surface area contributed by atoms with Crippen LogP contribution in [-0.2, 0) is 11.3 Å². The first kappa shape index (κ1) is 11.8. The average molecular weight is 249 g/mol. The fraction of sp³-hybridized carbons (Fsp3) is 0.222. The zero-order valence-electron chi connectivity index (χ0n) is 9.57. The summed E-state index contributed by atoms with van der Waals surface area (Å²) in [6, 6.07) is 1.51. The number of amides is 1. The topological polar surface area (TPSA) is 121 Å². The highest BCUT2D eigenvalue weighted by molar-refractivity contribution is 5.87. The normalized spacial score (nSPS) is 10.3. The van der Waals surface area contributed by atoms with E-state index in [0.29, 0.717) is 0 Å². The molecule has 0 spiro atoms. The molecule has 9 nitrogen and oxygen atoms in total. The second-order valence-electron chi connectivity index (χ2n) is 3.50. The van der Waals surface area contributed by atoms with Gasteiger partial charge in [-0.15, -0.1) is 5.10 Å². The first-order valence-corrected chi connectivity index (χ1v) is 5.06. The number of carbonyl (C=O) groups is 2. The molecule has 0 radical (unpaired) electrons. The van der Waals surface area contributed by atoms with Crippen molar-refractivity contribution in [2.75, 3.05) is 11.1 Å². The van der Waals surface area contributed by atoms with E-state index in [0.717, 1.165) is 9.48 Å². The van der Waals surface area contributed by atoms with Crippen LogP contribution in [0.15, 0.2) is 18.5 Å². The smallest absolute Gasteiger partial charge is 0.272 e. The molecule has 0 aliphatic carbocycles. The third kappa shape index (κ3) is 2.51. The third-order valence-electron chi connectivity index (χ3n) is 2.03. The van der Waals surface area contributed by atoms with Gasteiger partial charge in [-0.05, 0) is 0 Å². The number of carbonyl (C=O) groups excluding carboxylic acids is 2. The molecule has 3 N–H and O–H groups in total. The number of hydrogen-bond donors (Lipinski definition) is 2. The quantitative estimate of drug-likeness (QED) is 0.746. The Hall–Kier alpha value is -2.71. The number of nitrogens with zero attached hydrogens (tertiary/aromatic N) is 5. The standard InChI is InChI=1S/C9H11N7O2/c1-6(17)13-8-4-12-15(14-8)5-9(18)16-7(10)2-3-11-16/h2-4H,5,10H2,1H3,(H,13,14,17). The van der Waals surface area contributed by atoms with Gasteiger partial charge in [0.15, 0.2) is 5.82 Å². The lowest BCUT2D eigenvalue weighted by Gasteiger charge is -2.01. The van der Waals surface area contributed by atoms with Crippen LogP contribution in [0.2, 0.25) is 0 Å². The summed E-state index contributed by atoms with van der Waals surface area (Å²) in [5.41, 5.74) is 5.54. The summed E-state index contributed by atoms with van der Waals surface area (Å²) in [6.07, 6.45) is 2.77. The molecule has 2 aromatic rings. The van der Waals surface area contributed by atoms with Gasteiger partial charge in [0.2, 0.25) is 5.91 Å². The van der Waals surface area contributed by atoms with Crippen molar-refractivity contribution >= 4 is 23.5 Å². The minimum absolute atomic E-state index is 0.120. The van der Waals surface area contributed by atoms with Crippen LogP contribution in [0.3, 0.4) is 0 Å². The summed E-state index contributed by atoms with van der Waals surface area (Å²) < 4.78 is 1.06. The van der Waals surface area contributed by atoms with Crippen LogP contribution in [0.1, 0.15) is 11.7 Å². The predicted molar refractivity (Wildman–Crippen MR) is 61.6 cm³/mol. The Labute approximate surface area is 102 Å². The Kier molecular flexibility index (Phi) is 3.04. The summed E-state index contributed by atoms with van der Waals surface area (Å²) in [5, 5.41) is 14.0. The van der Waals surface area contributed by atoms with Crippen LogP contribution in [0.25, 0.3) is 0 Å². The molecule has 0 aliphatic heterocycles. The minimum Gasteiger partial charge on any atom is -0.383 e. The Morgan fingerprint density at radius 1 is 1.44 bits per heavy atom. The van der Waals surface area contributed by atoms with E-state index < -0.39 is 0 Å². The zero-order valence-corrected chi connectivity index (χ0v) is 9.57. The monoisotopic (exact) mass is 249 g/mol. The molecule has 18 heavy (non-hydrogen) atoms. The lowest BCUT2D eigenvalue weighted by molar-refractivity contribution is -0.114. The molecule has 0 aliphatic rings. The van der Waals surface area contributed by atoms with E-state index in [1.807, 2.05) is 0 Å². The number of nitrogens with one attached hydrogen (secondary N) is 1. The molecule has 9 heteroatoms. The maximum Gasteiger partial charge on any atom is 0.272 e. The summed E-state index contributed by atoms with van der Waals surface area (Å²) in [6.45, 7) is 1.24. The average Bonchev–Trinajstić information content (AvgIpc) is 2.87. The minimum atomic E-state index is -0.373. The van der Waals surface area contributed by atoms with Crippen molar-refractivity contribution in [2.45, 2.75) is 13.5 Å². The molecule has 0 fully saturated rings. The number of hydrogen-bond acceptors (Lipinski definition) is 6. The first-order chi connectivity index (χ1) is 8.56. The zero-order chi connectivity index (χ0) is 13.1. The maximum absolute atomic E-state index is 11.8. The van der Waals surface area contributed by atoms with Gasteiger partial charge in [-0.1, -0.05) is 0 Å². The van der Waals surface area contributed by atoms with Crippen molar-refractivity contribution in [2.24, 2.45) is 0 Å². The fourth-order valence-corrected chi connectivity index (χ4v) is 1.32. The van der Waals surface area contributed by atoms with E-state index >= 15 is 0 Å². The van der Waals surface area contributed by atoms with Crippen molar-refractivity contribution in [3.63, 3.8) is 0 Å². The van der Waals surface area contributed by atoms with Gasteiger partial charge in [-0.25, -0.2) is 0 Å². The Balaban J connectivity index is 2.06. The largest absolute Gasteiger partial charge is 0.383 e. The van der Waals surface area contributed by atoms with Crippen LogP contribution in [-0.4, -0.2) is 36.6 Å². The van der Waals surface area contributed by atoms with E-state index in [9.17, 15) is 9.59 Å². The maximum atomic E-state index is 11.8. The molecule has 0 aromatic carbocycles. The molecule has 1 amide bonds. The van der Waals surface area contributed by atoms with Crippen molar-refractivity contribution in [3.05, 3.63) is 18.5 Å². The van der Waals surface area contributed by atoms with Gasteiger partial charge in [-0.3, -0.25) is 9.59 Å². The van der Waals surface area contributed by atoms with Gasteiger partial charge < -0.3 is 11.1 Å². The van der Waals surface area contributed by atoms with E-state index in [1.165, 1.54) is 25.4 Å². The van der Waals surface area contributed by atoms with Gasteiger partial charge in [0.1, 0.15) is 12.4 Å². The van der Waals surface area contributed by atoms with Crippen molar-refractivity contribution in [1.82, 2.24) is 24.8 Å². The number of nitrogen functional groups attached to an aromatic ring is 1. The SMILES string of the molecule is CC(=O)Nc1cnn(CC(=O)n2nccc2N)n1. The Bertz CT molecular complexity index is 585. The van der Waals surface area contributed by atoms with Gasteiger partial charge in [-0.2, -0.15) is 19.7 Å². The molecule has 0 saturated heterocycles. The van der Waals surface area contributed by atoms with Crippen LogP contribution < -0.4 is 11.1 Å². The van der Waals surface area contributed by atoms with Crippen molar-refractivity contribution in [3.8, 4) is 0 Å². The van der Waals surface area contributed by atoms with Gasteiger partial charge in [0.05, 0.1) is 12.4 Å². The van der Waals surface area contributed by atoms with Crippen molar-refractivity contribution in [1.29, 1.82) is 0 Å². The van der Waals surface area contributed by atoms with Gasteiger partial charge in [0.25, 0.3) is 5.91 Å². The molecule has 2 aromatic heterocycles. The molecule has 0 unspecified atom stereocenters. The molecule has 94 valence electrons. The summed E-state index contributed by atoms with van der Waals surface area (Å²) >= 11 is 0. The number of aromatic nitrogens is 5. The van der Waals surface area contributed by atoms with E-state index in [-0.39, 0.29) is 30.0 Å². The van der Waals surface area contributed by atoms with Gasteiger partial charge in [0, 0.05) is 13.0 Å². The van der Waals surface area contributed by atoms with Crippen LogP contribution in [0, 0.1) is 0 Å². The molecule has 0 saturated carbocycles. The highest BCUT2D eigenvalue weighted by Gasteiger charge is 2.11. The lowest BCUT2D eigenvalue weighted by Crippen LogP contribution is -2.22. The fourth-order valence-electron chi connectivity index (χ4n) is 1.32. The molecule has 2 rings (SSSR count).